The fourth-order valence-electron chi connectivity index (χ4n) is 2.82. The predicted molar refractivity (Wildman–Crippen MR) is 102 cm³/mol. The lowest BCUT2D eigenvalue weighted by Gasteiger charge is -2.13. The Morgan fingerprint density at radius 3 is 2.55 bits per heavy atom. The van der Waals surface area contributed by atoms with Crippen molar-refractivity contribution in [3.8, 4) is 11.1 Å². The molecule has 152 valence electrons. The second-order valence-corrected chi connectivity index (χ2v) is 7.01. The van der Waals surface area contributed by atoms with E-state index in [0.29, 0.717) is 16.1 Å². The van der Waals surface area contributed by atoms with Gasteiger partial charge in [-0.15, -0.1) is 0 Å². The van der Waals surface area contributed by atoms with Crippen LogP contribution in [0, 0.1) is 5.82 Å². The van der Waals surface area contributed by atoms with E-state index in [1.165, 1.54) is 25.2 Å². The number of hydrogen-bond acceptors (Lipinski definition) is 2. The number of aromatic nitrogens is 2. The Morgan fingerprint density at radius 1 is 1.17 bits per heavy atom. The molecule has 0 spiro atoms. The van der Waals surface area contributed by atoms with Crippen molar-refractivity contribution in [1.29, 1.82) is 0 Å². The number of benzene rings is 2. The molecule has 0 saturated heterocycles. The summed E-state index contributed by atoms with van der Waals surface area (Å²) >= 11 is 11.9. The van der Waals surface area contributed by atoms with Crippen LogP contribution in [0.25, 0.3) is 11.1 Å². The quantitative estimate of drug-likeness (QED) is 0.521. The van der Waals surface area contributed by atoms with Crippen molar-refractivity contribution in [2.45, 2.75) is 12.6 Å². The zero-order valence-electron chi connectivity index (χ0n) is 14.8. The summed E-state index contributed by atoms with van der Waals surface area (Å²) in [5, 5.41) is 6.24. The Kier molecular flexibility index (Phi) is 5.86. The number of anilines is 1. The summed E-state index contributed by atoms with van der Waals surface area (Å²) in [6.45, 7) is 0. The van der Waals surface area contributed by atoms with Gasteiger partial charge in [-0.25, -0.2) is 4.39 Å². The predicted octanol–water partition coefficient (Wildman–Crippen LogP) is 5.73. The zero-order valence-corrected chi connectivity index (χ0v) is 16.3. The molecular weight excluding hydrogens is 433 g/mol. The van der Waals surface area contributed by atoms with E-state index >= 15 is 0 Å². The van der Waals surface area contributed by atoms with Crippen LogP contribution in [0.3, 0.4) is 0 Å². The number of carbonyl (C=O) groups is 1. The fraction of sp³-hybridized carbons (Fsp3) is 0.158. The third kappa shape index (κ3) is 4.71. The highest BCUT2D eigenvalue weighted by atomic mass is 35.5. The van der Waals surface area contributed by atoms with Crippen LogP contribution in [0.15, 0.2) is 42.6 Å². The summed E-state index contributed by atoms with van der Waals surface area (Å²) in [6, 6.07) is 8.71. The normalized spacial score (nSPS) is 11.6. The Labute approximate surface area is 173 Å². The molecule has 2 aromatic carbocycles. The van der Waals surface area contributed by atoms with Gasteiger partial charge in [0, 0.05) is 24.4 Å². The zero-order chi connectivity index (χ0) is 21.3. The molecule has 0 aliphatic carbocycles. The number of halogens is 6. The molecule has 0 unspecified atom stereocenters. The minimum Gasteiger partial charge on any atom is -0.323 e. The van der Waals surface area contributed by atoms with Crippen molar-refractivity contribution < 1.29 is 22.4 Å². The van der Waals surface area contributed by atoms with Gasteiger partial charge in [0.2, 0.25) is 5.91 Å². The lowest BCUT2D eigenvalue weighted by atomic mass is 10.0. The number of nitrogens with zero attached hydrogens (tertiary/aromatic N) is 2. The van der Waals surface area contributed by atoms with Crippen molar-refractivity contribution in [3.05, 3.63) is 69.7 Å². The third-order valence-electron chi connectivity index (χ3n) is 4.03. The number of rotatable bonds is 4. The molecule has 0 radical (unpaired) electrons. The first kappa shape index (κ1) is 21.1. The first-order chi connectivity index (χ1) is 13.6. The highest BCUT2D eigenvalue weighted by Gasteiger charge is 2.37. The molecule has 0 saturated carbocycles. The molecule has 1 aromatic heterocycles. The summed E-state index contributed by atoms with van der Waals surface area (Å²) in [5.41, 5.74) is -0.864. The van der Waals surface area contributed by atoms with Crippen molar-refractivity contribution in [1.82, 2.24) is 9.78 Å². The highest BCUT2D eigenvalue weighted by molar-refractivity contribution is 6.42. The molecule has 4 nitrogen and oxygen atoms in total. The molecule has 1 amide bonds. The molecule has 0 aliphatic heterocycles. The van der Waals surface area contributed by atoms with Crippen molar-refractivity contribution in [3.63, 3.8) is 0 Å². The van der Waals surface area contributed by atoms with Crippen molar-refractivity contribution in [2.75, 3.05) is 5.32 Å². The number of amides is 1. The third-order valence-corrected chi connectivity index (χ3v) is 4.77. The van der Waals surface area contributed by atoms with Crippen LogP contribution in [0.1, 0.15) is 11.3 Å². The number of carbonyl (C=O) groups excluding carboxylic acids is 1. The second-order valence-electron chi connectivity index (χ2n) is 6.19. The molecule has 3 rings (SSSR count). The van der Waals surface area contributed by atoms with E-state index in [1.807, 2.05) is 0 Å². The van der Waals surface area contributed by atoms with Gasteiger partial charge in [-0.05, 0) is 23.8 Å². The minimum absolute atomic E-state index is 0.173. The Morgan fingerprint density at radius 2 is 1.90 bits per heavy atom. The summed E-state index contributed by atoms with van der Waals surface area (Å²) in [5.74, 6) is -1.57. The molecule has 1 N–H and O–H groups in total. The average Bonchev–Trinajstić information content (AvgIpc) is 2.99. The fourth-order valence-corrected chi connectivity index (χ4v) is 3.12. The Bertz CT molecular complexity index is 1080. The highest BCUT2D eigenvalue weighted by Crippen LogP contribution is 2.35. The van der Waals surface area contributed by atoms with E-state index in [1.54, 1.807) is 12.1 Å². The molecular formula is C19H13Cl2F4N3O. The van der Waals surface area contributed by atoms with E-state index in [9.17, 15) is 22.4 Å². The van der Waals surface area contributed by atoms with Gasteiger partial charge in [-0.1, -0.05) is 41.4 Å². The number of hydrogen-bond donors (Lipinski definition) is 1. The van der Waals surface area contributed by atoms with Crippen molar-refractivity contribution in [2.24, 2.45) is 7.05 Å². The molecule has 10 heteroatoms. The molecule has 0 atom stereocenters. The first-order valence-corrected chi connectivity index (χ1v) is 8.95. The van der Waals surface area contributed by atoms with Crippen LogP contribution in [0.5, 0.6) is 0 Å². The van der Waals surface area contributed by atoms with E-state index in [-0.39, 0.29) is 16.3 Å². The standard InChI is InChI=1S/C19H13Cl2F4N3O/c1-28-9-11(18(27-28)19(23,24)25)8-16(29)26-17-12(3-2-4-15(17)22)10-5-6-13(20)14(21)7-10/h2-7,9H,8H2,1H3,(H,26,29). The lowest BCUT2D eigenvalue weighted by molar-refractivity contribution is -0.142. The molecule has 29 heavy (non-hydrogen) atoms. The first-order valence-electron chi connectivity index (χ1n) is 8.19. The molecule has 0 bridgehead atoms. The summed E-state index contributed by atoms with van der Waals surface area (Å²) in [6.07, 6.45) is -4.23. The SMILES string of the molecule is Cn1cc(CC(=O)Nc2c(F)cccc2-c2ccc(Cl)c(Cl)c2)c(C(F)(F)F)n1. The van der Waals surface area contributed by atoms with Crippen LogP contribution < -0.4 is 5.32 Å². The van der Waals surface area contributed by atoms with Gasteiger partial charge in [0.05, 0.1) is 22.2 Å². The van der Waals surface area contributed by atoms with Gasteiger partial charge in [-0.3, -0.25) is 9.48 Å². The van der Waals surface area contributed by atoms with Gasteiger partial charge < -0.3 is 5.32 Å². The van der Waals surface area contributed by atoms with E-state index in [0.717, 1.165) is 16.9 Å². The van der Waals surface area contributed by atoms with Crippen LogP contribution in [-0.4, -0.2) is 15.7 Å². The maximum atomic E-state index is 14.4. The van der Waals surface area contributed by atoms with Gasteiger partial charge in [0.1, 0.15) is 5.82 Å². The largest absolute Gasteiger partial charge is 0.435 e. The van der Waals surface area contributed by atoms with E-state index < -0.39 is 30.0 Å². The van der Waals surface area contributed by atoms with E-state index in [4.69, 9.17) is 23.2 Å². The number of nitrogens with one attached hydrogen (secondary N) is 1. The van der Waals surface area contributed by atoms with Crippen LogP contribution in [-0.2, 0) is 24.4 Å². The van der Waals surface area contributed by atoms with Crippen molar-refractivity contribution >= 4 is 34.8 Å². The summed E-state index contributed by atoms with van der Waals surface area (Å²) < 4.78 is 54.6. The van der Waals surface area contributed by atoms with Crippen LogP contribution in [0.4, 0.5) is 23.2 Å². The number of alkyl halides is 3. The van der Waals surface area contributed by atoms with Gasteiger partial charge in [-0.2, -0.15) is 18.3 Å². The molecule has 3 aromatic rings. The monoisotopic (exact) mass is 445 g/mol. The molecule has 0 fully saturated rings. The number of para-hydroxylation sites is 1. The maximum Gasteiger partial charge on any atom is 0.435 e. The Balaban J connectivity index is 1.91. The van der Waals surface area contributed by atoms with Crippen LogP contribution >= 0.6 is 23.2 Å². The van der Waals surface area contributed by atoms with Crippen LogP contribution in [0.2, 0.25) is 10.0 Å². The summed E-state index contributed by atoms with van der Waals surface area (Å²) in [7, 11) is 1.32. The topological polar surface area (TPSA) is 46.9 Å². The molecule has 0 aliphatic rings. The van der Waals surface area contributed by atoms with E-state index in [2.05, 4.69) is 10.4 Å². The molecule has 1 heterocycles. The van der Waals surface area contributed by atoms with Gasteiger partial charge >= 0.3 is 6.18 Å². The minimum atomic E-state index is -4.71. The Hall–Kier alpha value is -2.58. The maximum absolute atomic E-state index is 14.4. The average molecular weight is 446 g/mol. The lowest BCUT2D eigenvalue weighted by Crippen LogP contribution is -2.18. The smallest absolute Gasteiger partial charge is 0.323 e. The summed E-state index contributed by atoms with van der Waals surface area (Å²) in [4.78, 5) is 12.4. The second kappa shape index (κ2) is 8.04. The number of aryl methyl sites for hydroxylation is 1. The van der Waals surface area contributed by atoms with Gasteiger partial charge in [0.15, 0.2) is 5.69 Å². The van der Waals surface area contributed by atoms with Gasteiger partial charge in [0.25, 0.3) is 0 Å².